The standard InChI is InChI=1S/C18H19NO5/c1-12-15(22-2)9-13(10-16(12)23-3)18(21)24-11-17(20)19-14-7-5-4-6-8-14/h4-10H,11H2,1-3H3,(H,19,20). The van der Waals surface area contributed by atoms with E-state index in [2.05, 4.69) is 5.32 Å². The number of hydrogen-bond donors (Lipinski definition) is 1. The second kappa shape index (κ2) is 8.01. The Morgan fingerprint density at radius 3 is 2.12 bits per heavy atom. The van der Waals surface area contributed by atoms with E-state index >= 15 is 0 Å². The topological polar surface area (TPSA) is 73.9 Å². The number of ether oxygens (including phenoxy) is 3. The smallest absolute Gasteiger partial charge is 0.338 e. The van der Waals surface area contributed by atoms with Crippen molar-refractivity contribution in [1.82, 2.24) is 0 Å². The molecule has 0 aromatic heterocycles. The highest BCUT2D eigenvalue weighted by molar-refractivity contribution is 5.96. The van der Waals surface area contributed by atoms with E-state index in [9.17, 15) is 9.59 Å². The first-order valence-corrected chi connectivity index (χ1v) is 7.29. The molecule has 126 valence electrons. The molecule has 0 saturated heterocycles. The minimum absolute atomic E-state index is 0.252. The number of nitrogens with one attached hydrogen (secondary N) is 1. The van der Waals surface area contributed by atoms with Crippen LogP contribution in [0.3, 0.4) is 0 Å². The molecule has 6 heteroatoms. The normalized spacial score (nSPS) is 9.96. The summed E-state index contributed by atoms with van der Waals surface area (Å²) in [4.78, 5) is 23.9. The van der Waals surface area contributed by atoms with Gasteiger partial charge in [0.05, 0.1) is 19.8 Å². The van der Waals surface area contributed by atoms with Crippen LogP contribution in [0.5, 0.6) is 11.5 Å². The fraction of sp³-hybridized carbons (Fsp3) is 0.222. The van der Waals surface area contributed by atoms with E-state index in [1.807, 2.05) is 13.0 Å². The van der Waals surface area contributed by atoms with E-state index in [1.165, 1.54) is 14.2 Å². The lowest BCUT2D eigenvalue weighted by molar-refractivity contribution is -0.119. The van der Waals surface area contributed by atoms with Gasteiger partial charge in [0.1, 0.15) is 11.5 Å². The van der Waals surface area contributed by atoms with Gasteiger partial charge in [-0.05, 0) is 31.2 Å². The summed E-state index contributed by atoms with van der Waals surface area (Å²) in [6.45, 7) is 1.44. The molecule has 2 aromatic rings. The van der Waals surface area contributed by atoms with Crippen LogP contribution in [0.4, 0.5) is 5.69 Å². The molecule has 0 aliphatic carbocycles. The van der Waals surface area contributed by atoms with Gasteiger partial charge in [-0.2, -0.15) is 0 Å². The van der Waals surface area contributed by atoms with Gasteiger partial charge in [-0.25, -0.2) is 4.79 Å². The molecule has 0 spiro atoms. The minimum atomic E-state index is -0.630. The van der Waals surface area contributed by atoms with Gasteiger partial charge >= 0.3 is 5.97 Å². The molecule has 0 unspecified atom stereocenters. The molecule has 0 aliphatic heterocycles. The first-order valence-electron chi connectivity index (χ1n) is 7.29. The van der Waals surface area contributed by atoms with Gasteiger partial charge in [-0.1, -0.05) is 18.2 Å². The van der Waals surface area contributed by atoms with Crippen LogP contribution in [0.25, 0.3) is 0 Å². The van der Waals surface area contributed by atoms with Crippen LogP contribution in [-0.4, -0.2) is 32.7 Å². The fourth-order valence-corrected chi connectivity index (χ4v) is 2.14. The van der Waals surface area contributed by atoms with Crippen molar-refractivity contribution in [3.8, 4) is 11.5 Å². The lowest BCUT2D eigenvalue weighted by atomic mass is 10.1. The van der Waals surface area contributed by atoms with Crippen LogP contribution in [-0.2, 0) is 9.53 Å². The molecule has 0 heterocycles. The summed E-state index contributed by atoms with van der Waals surface area (Å²) in [5.41, 5.74) is 1.66. The highest BCUT2D eigenvalue weighted by atomic mass is 16.5. The Morgan fingerprint density at radius 2 is 1.58 bits per heavy atom. The van der Waals surface area contributed by atoms with Crippen LogP contribution in [0.15, 0.2) is 42.5 Å². The third-order valence-corrected chi connectivity index (χ3v) is 3.38. The van der Waals surface area contributed by atoms with Crippen molar-refractivity contribution >= 4 is 17.6 Å². The molecule has 0 saturated carbocycles. The van der Waals surface area contributed by atoms with Gasteiger partial charge in [0.15, 0.2) is 6.61 Å². The van der Waals surface area contributed by atoms with Gasteiger partial charge < -0.3 is 19.5 Å². The number of benzene rings is 2. The van der Waals surface area contributed by atoms with Gasteiger partial charge in [0, 0.05) is 11.3 Å². The average Bonchev–Trinajstić information content (AvgIpc) is 2.60. The molecule has 0 bridgehead atoms. The number of para-hydroxylation sites is 1. The third-order valence-electron chi connectivity index (χ3n) is 3.38. The Kier molecular flexibility index (Phi) is 5.78. The molecule has 2 aromatic carbocycles. The summed E-state index contributed by atoms with van der Waals surface area (Å²) in [6, 6.07) is 12.0. The van der Waals surface area contributed by atoms with E-state index in [4.69, 9.17) is 14.2 Å². The van der Waals surface area contributed by atoms with Crippen LogP contribution in [0.2, 0.25) is 0 Å². The van der Waals surface area contributed by atoms with Crippen LogP contribution in [0, 0.1) is 6.92 Å². The summed E-state index contributed by atoms with van der Waals surface area (Å²) >= 11 is 0. The Balaban J connectivity index is 2.01. The first-order chi connectivity index (χ1) is 11.5. The van der Waals surface area contributed by atoms with Crippen molar-refractivity contribution in [2.75, 3.05) is 26.1 Å². The molecule has 2 rings (SSSR count). The van der Waals surface area contributed by atoms with E-state index < -0.39 is 11.9 Å². The highest BCUT2D eigenvalue weighted by Crippen LogP contribution is 2.29. The van der Waals surface area contributed by atoms with Crippen molar-refractivity contribution in [2.24, 2.45) is 0 Å². The Hall–Kier alpha value is -3.02. The van der Waals surface area contributed by atoms with Crippen molar-refractivity contribution in [2.45, 2.75) is 6.92 Å². The maximum absolute atomic E-state index is 12.1. The van der Waals surface area contributed by atoms with Crippen molar-refractivity contribution in [3.05, 3.63) is 53.6 Å². The van der Waals surface area contributed by atoms with Gasteiger partial charge in [0.2, 0.25) is 0 Å². The summed E-state index contributed by atoms with van der Waals surface area (Å²) in [6.07, 6.45) is 0. The lowest BCUT2D eigenvalue weighted by Gasteiger charge is -2.12. The highest BCUT2D eigenvalue weighted by Gasteiger charge is 2.16. The molecule has 24 heavy (non-hydrogen) atoms. The summed E-state index contributed by atoms with van der Waals surface area (Å²) in [5, 5.41) is 2.64. The molecule has 6 nitrogen and oxygen atoms in total. The van der Waals surface area contributed by atoms with Crippen molar-refractivity contribution in [1.29, 1.82) is 0 Å². The number of carbonyl (C=O) groups excluding carboxylic acids is 2. The first kappa shape index (κ1) is 17.3. The van der Waals surface area contributed by atoms with Crippen LogP contribution >= 0.6 is 0 Å². The quantitative estimate of drug-likeness (QED) is 0.825. The zero-order valence-electron chi connectivity index (χ0n) is 13.8. The molecule has 0 atom stereocenters. The van der Waals surface area contributed by atoms with Crippen LogP contribution < -0.4 is 14.8 Å². The zero-order chi connectivity index (χ0) is 17.5. The predicted molar refractivity (Wildman–Crippen MR) is 89.6 cm³/mol. The second-order valence-electron chi connectivity index (χ2n) is 5.00. The number of methoxy groups -OCH3 is 2. The van der Waals surface area contributed by atoms with Gasteiger partial charge in [-0.3, -0.25) is 4.79 Å². The van der Waals surface area contributed by atoms with E-state index in [1.54, 1.807) is 36.4 Å². The monoisotopic (exact) mass is 329 g/mol. The summed E-state index contributed by atoms with van der Waals surface area (Å²) < 4.78 is 15.5. The molecular formula is C18H19NO5. The fourth-order valence-electron chi connectivity index (χ4n) is 2.14. The van der Waals surface area contributed by atoms with Crippen molar-refractivity contribution < 1.29 is 23.8 Å². The molecule has 0 fully saturated rings. The number of hydrogen-bond acceptors (Lipinski definition) is 5. The number of amides is 1. The molecule has 0 radical (unpaired) electrons. The third kappa shape index (κ3) is 4.25. The number of anilines is 1. The Morgan fingerprint density at radius 1 is 1.00 bits per heavy atom. The van der Waals surface area contributed by atoms with Crippen LogP contribution in [0.1, 0.15) is 15.9 Å². The second-order valence-corrected chi connectivity index (χ2v) is 5.00. The van der Waals surface area contributed by atoms with Gasteiger partial charge in [0.25, 0.3) is 5.91 Å². The maximum Gasteiger partial charge on any atom is 0.338 e. The molecule has 0 aliphatic rings. The average molecular weight is 329 g/mol. The summed E-state index contributed by atoms with van der Waals surface area (Å²) in [5.74, 6) is -0.0273. The molecule has 1 amide bonds. The van der Waals surface area contributed by atoms with Crippen molar-refractivity contribution in [3.63, 3.8) is 0 Å². The molecule has 1 N–H and O–H groups in total. The number of carbonyl (C=O) groups is 2. The SMILES string of the molecule is COc1cc(C(=O)OCC(=O)Nc2ccccc2)cc(OC)c1C. The van der Waals surface area contributed by atoms with Gasteiger partial charge in [-0.15, -0.1) is 0 Å². The maximum atomic E-state index is 12.1. The number of rotatable bonds is 6. The zero-order valence-corrected chi connectivity index (χ0v) is 13.8. The number of esters is 1. The summed E-state index contributed by atoms with van der Waals surface area (Å²) in [7, 11) is 3.01. The minimum Gasteiger partial charge on any atom is -0.496 e. The van der Waals surface area contributed by atoms with E-state index in [-0.39, 0.29) is 12.2 Å². The van der Waals surface area contributed by atoms with E-state index in [0.717, 1.165) is 5.56 Å². The predicted octanol–water partition coefficient (Wildman–Crippen LogP) is 2.81. The Labute approximate surface area is 140 Å². The lowest BCUT2D eigenvalue weighted by Crippen LogP contribution is -2.21. The largest absolute Gasteiger partial charge is 0.496 e. The molecular weight excluding hydrogens is 310 g/mol. The van der Waals surface area contributed by atoms with E-state index in [0.29, 0.717) is 17.2 Å². The Bertz CT molecular complexity index is 702.